The van der Waals surface area contributed by atoms with Gasteiger partial charge >= 0.3 is 0 Å². The van der Waals surface area contributed by atoms with E-state index in [-0.39, 0.29) is 22.4 Å². The Morgan fingerprint density at radius 3 is 2.55 bits per heavy atom. The van der Waals surface area contributed by atoms with Crippen LogP contribution in [0.25, 0.3) is 21.5 Å². The van der Waals surface area contributed by atoms with E-state index in [1.165, 1.54) is 23.5 Å². The molecule has 0 aliphatic carbocycles. The van der Waals surface area contributed by atoms with E-state index in [2.05, 4.69) is 4.98 Å². The van der Waals surface area contributed by atoms with Gasteiger partial charge < -0.3 is 5.73 Å². The summed E-state index contributed by atoms with van der Waals surface area (Å²) in [5, 5.41) is 2.49. The van der Waals surface area contributed by atoms with Crippen LogP contribution in [0.5, 0.6) is 0 Å². The summed E-state index contributed by atoms with van der Waals surface area (Å²) in [6, 6.07) is 17.2. The number of hydrogen-bond acceptors (Lipinski definition) is 6. The first-order valence-electron chi connectivity index (χ1n) is 8.81. The fourth-order valence-electron chi connectivity index (χ4n) is 3.52. The number of nitrogens with zero attached hydrogens (tertiary/aromatic N) is 2. The second-order valence-corrected chi connectivity index (χ2v) is 7.52. The summed E-state index contributed by atoms with van der Waals surface area (Å²) < 4.78 is 0. The summed E-state index contributed by atoms with van der Waals surface area (Å²) in [4.78, 5) is 45.3. The fourth-order valence-corrected chi connectivity index (χ4v) is 4.21. The maximum absolute atomic E-state index is 13.4. The highest BCUT2D eigenvalue weighted by molar-refractivity contribution is 7.13. The predicted molar refractivity (Wildman–Crippen MR) is 111 cm³/mol. The van der Waals surface area contributed by atoms with Crippen molar-refractivity contribution in [3.8, 4) is 10.6 Å². The number of amides is 3. The van der Waals surface area contributed by atoms with E-state index in [9.17, 15) is 14.4 Å². The first-order chi connectivity index (χ1) is 14.1. The number of para-hydroxylation sites is 1. The monoisotopic (exact) mass is 399 g/mol. The third-order valence-corrected chi connectivity index (χ3v) is 5.76. The molecule has 29 heavy (non-hydrogen) atoms. The summed E-state index contributed by atoms with van der Waals surface area (Å²) in [5.74, 6) is -2.06. The first-order valence-corrected chi connectivity index (χ1v) is 9.69. The Labute approximate surface area is 169 Å². The summed E-state index contributed by atoms with van der Waals surface area (Å²) in [7, 11) is 0. The molecule has 5 rings (SSSR count). The first kappa shape index (κ1) is 17.3. The normalized spacial score (nSPS) is 13.2. The van der Waals surface area contributed by atoms with Crippen LogP contribution < -0.4 is 5.73 Å². The SMILES string of the molecule is Nc1cccc2c1C(=O)N(C(=O)c1cc(-c3cccs3)nc3ccccc13)C2=O. The molecule has 1 aliphatic rings. The zero-order valence-corrected chi connectivity index (χ0v) is 15.8. The van der Waals surface area contributed by atoms with Crippen LogP contribution in [0.15, 0.2) is 66.0 Å². The molecular formula is C22H13N3O3S. The third kappa shape index (κ3) is 2.55. The minimum absolute atomic E-state index is 0.0719. The molecular weight excluding hydrogens is 386 g/mol. The van der Waals surface area contributed by atoms with Crippen LogP contribution in [0.2, 0.25) is 0 Å². The molecule has 140 valence electrons. The van der Waals surface area contributed by atoms with Gasteiger partial charge in [0.25, 0.3) is 17.7 Å². The Morgan fingerprint density at radius 1 is 0.966 bits per heavy atom. The van der Waals surface area contributed by atoms with Crippen molar-refractivity contribution in [1.29, 1.82) is 0 Å². The standard InChI is InChI=1S/C22H13N3O3S/c23-15-7-3-6-13-19(15)22(28)25(20(13)26)21(27)14-11-17(18-9-4-10-29-18)24-16-8-2-1-5-12(14)16/h1-11H,23H2. The van der Waals surface area contributed by atoms with Gasteiger partial charge in [0.2, 0.25) is 0 Å². The molecule has 2 N–H and O–H groups in total. The van der Waals surface area contributed by atoms with Gasteiger partial charge in [0.15, 0.2) is 0 Å². The number of imide groups is 3. The number of aromatic nitrogens is 1. The molecule has 2 aromatic heterocycles. The molecule has 0 radical (unpaired) electrons. The quantitative estimate of drug-likeness (QED) is 0.406. The lowest BCUT2D eigenvalue weighted by Gasteiger charge is -2.14. The Balaban J connectivity index is 1.68. The van der Waals surface area contributed by atoms with Crippen LogP contribution in [-0.2, 0) is 0 Å². The van der Waals surface area contributed by atoms with E-state index in [4.69, 9.17) is 5.73 Å². The Morgan fingerprint density at radius 2 is 1.79 bits per heavy atom. The highest BCUT2D eigenvalue weighted by atomic mass is 32.1. The smallest absolute Gasteiger partial charge is 0.270 e. The number of anilines is 1. The number of nitrogens with two attached hydrogens (primary N) is 1. The number of carbonyl (C=O) groups is 3. The predicted octanol–water partition coefficient (Wildman–Crippen LogP) is 3.98. The van der Waals surface area contributed by atoms with E-state index in [0.717, 1.165) is 4.88 Å². The molecule has 3 amide bonds. The molecule has 0 atom stereocenters. The van der Waals surface area contributed by atoms with E-state index in [1.807, 2.05) is 23.6 Å². The van der Waals surface area contributed by atoms with Crippen molar-refractivity contribution in [2.75, 3.05) is 5.73 Å². The number of thiophene rings is 1. The Bertz CT molecular complexity index is 1330. The maximum atomic E-state index is 13.4. The molecule has 3 heterocycles. The lowest BCUT2D eigenvalue weighted by atomic mass is 10.1. The number of benzene rings is 2. The van der Waals surface area contributed by atoms with Crippen LogP contribution in [0, 0.1) is 0 Å². The Hall–Kier alpha value is -3.84. The topological polar surface area (TPSA) is 93.4 Å². The number of nitrogen functional groups attached to an aromatic ring is 1. The van der Waals surface area contributed by atoms with Gasteiger partial charge in [-0.1, -0.05) is 30.3 Å². The summed E-state index contributed by atoms with van der Waals surface area (Å²) >= 11 is 1.49. The molecule has 0 saturated carbocycles. The van der Waals surface area contributed by atoms with Crippen molar-refractivity contribution >= 4 is 45.6 Å². The molecule has 2 aromatic carbocycles. The van der Waals surface area contributed by atoms with Crippen LogP contribution >= 0.6 is 11.3 Å². The molecule has 7 heteroatoms. The van der Waals surface area contributed by atoms with Gasteiger partial charge in [-0.3, -0.25) is 14.4 Å². The van der Waals surface area contributed by atoms with E-state index < -0.39 is 17.7 Å². The van der Waals surface area contributed by atoms with Crippen molar-refractivity contribution in [2.45, 2.75) is 0 Å². The number of pyridine rings is 1. The molecule has 0 saturated heterocycles. The summed E-state index contributed by atoms with van der Waals surface area (Å²) in [6.45, 7) is 0. The van der Waals surface area contributed by atoms with Crippen molar-refractivity contribution < 1.29 is 14.4 Å². The number of carbonyl (C=O) groups excluding carboxylic acids is 3. The van der Waals surface area contributed by atoms with Crippen molar-refractivity contribution in [3.05, 3.63) is 82.7 Å². The van der Waals surface area contributed by atoms with Crippen LogP contribution in [0.3, 0.4) is 0 Å². The van der Waals surface area contributed by atoms with Crippen molar-refractivity contribution in [3.63, 3.8) is 0 Å². The zero-order valence-electron chi connectivity index (χ0n) is 15.0. The van der Waals surface area contributed by atoms with Gasteiger partial charge in [-0.15, -0.1) is 11.3 Å². The van der Waals surface area contributed by atoms with Crippen LogP contribution in [0.4, 0.5) is 5.69 Å². The zero-order chi connectivity index (χ0) is 20.1. The highest BCUT2D eigenvalue weighted by Gasteiger charge is 2.42. The minimum atomic E-state index is -0.702. The summed E-state index contributed by atoms with van der Waals surface area (Å²) in [6.07, 6.45) is 0. The van der Waals surface area contributed by atoms with Crippen LogP contribution in [0.1, 0.15) is 31.1 Å². The van der Waals surface area contributed by atoms with Gasteiger partial charge in [0.05, 0.1) is 32.8 Å². The van der Waals surface area contributed by atoms with Crippen LogP contribution in [-0.4, -0.2) is 27.6 Å². The Kier molecular flexibility index (Phi) is 3.78. The fraction of sp³-hybridized carbons (Fsp3) is 0. The molecule has 1 aliphatic heterocycles. The van der Waals surface area contributed by atoms with Gasteiger partial charge in [-0.25, -0.2) is 9.88 Å². The minimum Gasteiger partial charge on any atom is -0.398 e. The average molecular weight is 399 g/mol. The van der Waals surface area contributed by atoms with E-state index in [0.29, 0.717) is 21.5 Å². The van der Waals surface area contributed by atoms with Gasteiger partial charge in [-0.2, -0.15) is 0 Å². The second kappa shape index (κ2) is 6.35. The average Bonchev–Trinajstić information content (AvgIpc) is 3.35. The lowest BCUT2D eigenvalue weighted by molar-refractivity contribution is 0.0567. The molecule has 0 fully saturated rings. The largest absolute Gasteiger partial charge is 0.398 e. The molecule has 6 nitrogen and oxygen atoms in total. The van der Waals surface area contributed by atoms with Crippen molar-refractivity contribution in [1.82, 2.24) is 9.88 Å². The molecule has 4 aromatic rings. The van der Waals surface area contributed by atoms with Gasteiger partial charge in [0, 0.05) is 11.1 Å². The van der Waals surface area contributed by atoms with Gasteiger partial charge in [0.1, 0.15) is 0 Å². The number of fused-ring (bicyclic) bond motifs is 2. The number of rotatable bonds is 2. The third-order valence-electron chi connectivity index (χ3n) is 4.87. The molecule has 0 unspecified atom stereocenters. The lowest BCUT2D eigenvalue weighted by Crippen LogP contribution is -2.36. The maximum Gasteiger partial charge on any atom is 0.270 e. The summed E-state index contributed by atoms with van der Waals surface area (Å²) in [5.41, 5.74) is 7.73. The second-order valence-electron chi connectivity index (χ2n) is 6.57. The molecule has 0 bridgehead atoms. The van der Waals surface area contributed by atoms with Crippen molar-refractivity contribution in [2.24, 2.45) is 0 Å². The molecule has 0 spiro atoms. The van der Waals surface area contributed by atoms with Gasteiger partial charge in [-0.05, 0) is 35.7 Å². The highest BCUT2D eigenvalue weighted by Crippen LogP contribution is 2.32. The van der Waals surface area contributed by atoms with E-state index in [1.54, 1.807) is 30.3 Å². The number of hydrogen-bond donors (Lipinski definition) is 1. The van der Waals surface area contributed by atoms with E-state index >= 15 is 0 Å².